The molecule has 3 heterocycles. The summed E-state index contributed by atoms with van der Waals surface area (Å²) in [5.41, 5.74) is 3.64. The Morgan fingerprint density at radius 2 is 1.79 bits per heavy atom. The molecule has 29 heavy (non-hydrogen) atoms. The first kappa shape index (κ1) is 20.4. The van der Waals surface area contributed by atoms with E-state index in [1.807, 2.05) is 19.1 Å². The SMILES string of the molecule is Cc1cc(Cc2ccc(F)cc2)cc([C@H]2CN(S(=O)(=O)N3CCCC3)CCO2)n1. The van der Waals surface area contributed by atoms with Crippen molar-refractivity contribution in [1.29, 1.82) is 0 Å². The van der Waals surface area contributed by atoms with Crippen molar-refractivity contribution in [2.24, 2.45) is 0 Å². The number of benzene rings is 1. The molecule has 2 aromatic rings. The zero-order valence-electron chi connectivity index (χ0n) is 16.6. The monoisotopic (exact) mass is 419 g/mol. The van der Waals surface area contributed by atoms with Gasteiger partial charge in [-0.15, -0.1) is 0 Å². The van der Waals surface area contributed by atoms with E-state index in [9.17, 15) is 12.8 Å². The first-order valence-corrected chi connectivity index (χ1v) is 11.4. The largest absolute Gasteiger partial charge is 0.369 e. The summed E-state index contributed by atoms with van der Waals surface area (Å²) in [5.74, 6) is -0.254. The minimum Gasteiger partial charge on any atom is -0.369 e. The topological polar surface area (TPSA) is 62.7 Å². The van der Waals surface area contributed by atoms with Gasteiger partial charge in [0, 0.05) is 31.9 Å². The van der Waals surface area contributed by atoms with Gasteiger partial charge in [0.05, 0.1) is 12.3 Å². The molecule has 1 aromatic carbocycles. The van der Waals surface area contributed by atoms with E-state index in [0.717, 1.165) is 35.4 Å². The van der Waals surface area contributed by atoms with Crippen LogP contribution in [0.25, 0.3) is 0 Å². The summed E-state index contributed by atoms with van der Waals surface area (Å²) < 4.78 is 48.0. The molecule has 2 aliphatic rings. The Kier molecular flexibility index (Phi) is 5.96. The van der Waals surface area contributed by atoms with E-state index >= 15 is 0 Å². The lowest BCUT2D eigenvalue weighted by molar-refractivity contribution is -0.00656. The molecule has 2 fully saturated rings. The van der Waals surface area contributed by atoms with E-state index in [-0.39, 0.29) is 12.4 Å². The fraction of sp³-hybridized carbons (Fsp3) is 0.476. The number of morpholine rings is 1. The number of ether oxygens (including phenoxy) is 1. The molecule has 0 aliphatic carbocycles. The molecular weight excluding hydrogens is 393 g/mol. The minimum atomic E-state index is -3.45. The Morgan fingerprint density at radius 1 is 1.07 bits per heavy atom. The molecule has 0 amide bonds. The Labute approximate surface area is 171 Å². The van der Waals surface area contributed by atoms with E-state index in [0.29, 0.717) is 32.7 Å². The first-order valence-electron chi connectivity index (χ1n) is 10.0. The predicted octanol–water partition coefficient (Wildman–Crippen LogP) is 2.83. The summed E-state index contributed by atoms with van der Waals surface area (Å²) in [6.07, 6.45) is 2.09. The fourth-order valence-corrected chi connectivity index (χ4v) is 5.64. The van der Waals surface area contributed by atoms with Gasteiger partial charge in [-0.05, 0) is 61.6 Å². The average molecular weight is 420 g/mol. The Bertz CT molecular complexity index is 960. The maximum absolute atomic E-state index is 13.2. The highest BCUT2D eigenvalue weighted by Crippen LogP contribution is 2.26. The van der Waals surface area contributed by atoms with Crippen molar-refractivity contribution in [3.63, 3.8) is 0 Å². The standard InChI is InChI=1S/C21H26FN3O3S/c1-16-12-18(13-17-4-6-19(22)7-5-17)14-20(23-16)21-15-25(10-11-28-21)29(26,27)24-8-2-3-9-24/h4-7,12,14,21H,2-3,8-11,13,15H2,1H3/t21-/m1/s1. The molecule has 2 aliphatic heterocycles. The maximum Gasteiger partial charge on any atom is 0.282 e. The van der Waals surface area contributed by atoms with Crippen molar-refractivity contribution >= 4 is 10.2 Å². The second-order valence-corrected chi connectivity index (χ2v) is 9.60. The summed E-state index contributed by atoms with van der Waals surface area (Å²) in [6, 6.07) is 10.4. The number of halogens is 1. The third-order valence-corrected chi connectivity index (χ3v) is 7.43. The van der Waals surface area contributed by atoms with E-state index < -0.39 is 16.3 Å². The van der Waals surface area contributed by atoms with Crippen LogP contribution >= 0.6 is 0 Å². The number of hydrogen-bond donors (Lipinski definition) is 0. The third kappa shape index (κ3) is 4.66. The van der Waals surface area contributed by atoms with E-state index in [1.54, 1.807) is 16.4 Å². The van der Waals surface area contributed by atoms with Crippen LogP contribution in [0, 0.1) is 12.7 Å². The predicted molar refractivity (Wildman–Crippen MR) is 108 cm³/mol. The van der Waals surface area contributed by atoms with Crippen molar-refractivity contribution in [1.82, 2.24) is 13.6 Å². The first-order chi connectivity index (χ1) is 13.9. The molecule has 0 bridgehead atoms. The minimum absolute atomic E-state index is 0.254. The number of aryl methyl sites for hydroxylation is 1. The lowest BCUT2D eigenvalue weighted by Crippen LogP contribution is -2.48. The molecule has 0 radical (unpaired) electrons. The van der Waals surface area contributed by atoms with Crippen LogP contribution < -0.4 is 0 Å². The Balaban J connectivity index is 1.52. The summed E-state index contributed by atoms with van der Waals surface area (Å²) in [6.45, 7) is 4.08. The zero-order chi connectivity index (χ0) is 20.4. The van der Waals surface area contributed by atoms with Crippen LogP contribution in [0.2, 0.25) is 0 Å². The molecule has 4 rings (SSSR count). The van der Waals surface area contributed by atoms with E-state index in [4.69, 9.17) is 4.74 Å². The smallest absolute Gasteiger partial charge is 0.282 e. The second kappa shape index (κ2) is 8.47. The summed E-state index contributed by atoms with van der Waals surface area (Å²) in [4.78, 5) is 4.61. The van der Waals surface area contributed by atoms with Gasteiger partial charge in [0.1, 0.15) is 11.9 Å². The van der Waals surface area contributed by atoms with Gasteiger partial charge in [-0.2, -0.15) is 17.0 Å². The van der Waals surface area contributed by atoms with Crippen LogP contribution in [0.1, 0.15) is 41.5 Å². The van der Waals surface area contributed by atoms with E-state index in [1.165, 1.54) is 16.4 Å². The van der Waals surface area contributed by atoms with Crippen LogP contribution in [0.4, 0.5) is 4.39 Å². The fourth-order valence-electron chi connectivity index (χ4n) is 3.97. The van der Waals surface area contributed by atoms with Gasteiger partial charge in [0.2, 0.25) is 0 Å². The molecule has 0 spiro atoms. The van der Waals surface area contributed by atoms with Crippen molar-refractivity contribution in [3.05, 3.63) is 64.7 Å². The van der Waals surface area contributed by atoms with Crippen LogP contribution in [-0.2, 0) is 21.4 Å². The normalized spacial score (nSPS) is 21.5. The number of aromatic nitrogens is 1. The summed E-state index contributed by atoms with van der Waals surface area (Å²) in [7, 11) is -3.45. The molecule has 2 saturated heterocycles. The quantitative estimate of drug-likeness (QED) is 0.748. The van der Waals surface area contributed by atoms with Gasteiger partial charge in [-0.25, -0.2) is 4.39 Å². The highest BCUT2D eigenvalue weighted by molar-refractivity contribution is 7.86. The number of hydrogen-bond acceptors (Lipinski definition) is 4. The van der Waals surface area contributed by atoms with E-state index in [2.05, 4.69) is 4.98 Å². The van der Waals surface area contributed by atoms with Crippen LogP contribution in [0.5, 0.6) is 0 Å². The van der Waals surface area contributed by atoms with Crippen LogP contribution in [-0.4, -0.2) is 54.8 Å². The van der Waals surface area contributed by atoms with Crippen molar-refractivity contribution in [3.8, 4) is 0 Å². The number of pyridine rings is 1. The Hall–Kier alpha value is -1.87. The molecular formula is C21H26FN3O3S. The van der Waals surface area contributed by atoms with Gasteiger partial charge in [0.15, 0.2) is 0 Å². The number of rotatable bonds is 5. The molecule has 6 nitrogen and oxygen atoms in total. The Morgan fingerprint density at radius 3 is 2.52 bits per heavy atom. The maximum atomic E-state index is 13.2. The molecule has 0 N–H and O–H groups in total. The lowest BCUT2D eigenvalue weighted by atomic mass is 10.0. The molecule has 0 unspecified atom stereocenters. The lowest BCUT2D eigenvalue weighted by Gasteiger charge is -2.34. The average Bonchev–Trinajstić information content (AvgIpc) is 3.25. The molecule has 1 aromatic heterocycles. The highest BCUT2D eigenvalue weighted by atomic mass is 32.2. The highest BCUT2D eigenvalue weighted by Gasteiger charge is 2.36. The van der Waals surface area contributed by atoms with Crippen molar-refractivity contribution in [2.75, 3.05) is 32.8 Å². The van der Waals surface area contributed by atoms with Gasteiger partial charge in [-0.1, -0.05) is 12.1 Å². The van der Waals surface area contributed by atoms with Gasteiger partial charge in [-0.3, -0.25) is 4.98 Å². The van der Waals surface area contributed by atoms with Gasteiger partial charge < -0.3 is 4.74 Å². The number of nitrogens with zero attached hydrogens (tertiary/aromatic N) is 3. The van der Waals surface area contributed by atoms with Crippen molar-refractivity contribution < 1.29 is 17.5 Å². The molecule has 0 saturated carbocycles. The third-order valence-electron chi connectivity index (χ3n) is 5.43. The van der Waals surface area contributed by atoms with Gasteiger partial charge >= 0.3 is 0 Å². The van der Waals surface area contributed by atoms with Crippen LogP contribution in [0.3, 0.4) is 0 Å². The summed E-state index contributed by atoms with van der Waals surface area (Å²) in [5, 5.41) is 0. The van der Waals surface area contributed by atoms with Crippen LogP contribution in [0.15, 0.2) is 36.4 Å². The summed E-state index contributed by atoms with van der Waals surface area (Å²) >= 11 is 0. The molecule has 156 valence electrons. The zero-order valence-corrected chi connectivity index (χ0v) is 17.4. The molecule has 1 atom stereocenters. The van der Waals surface area contributed by atoms with Gasteiger partial charge in [0.25, 0.3) is 10.2 Å². The molecule has 8 heteroatoms. The van der Waals surface area contributed by atoms with Crippen molar-refractivity contribution in [2.45, 2.75) is 32.3 Å². The second-order valence-electron chi connectivity index (χ2n) is 7.68.